The van der Waals surface area contributed by atoms with Crippen molar-refractivity contribution in [2.45, 2.75) is 12.5 Å². The van der Waals surface area contributed by atoms with E-state index in [0.717, 1.165) is 0 Å². The number of carboxylic acids is 1. The molecular formula is C12H11ClN2O4. The Kier molecular flexibility index (Phi) is 3.20. The summed E-state index contributed by atoms with van der Waals surface area (Å²) >= 11 is 5.86. The normalized spacial score (nSPS) is 22.5. The minimum Gasteiger partial charge on any atom is -0.480 e. The van der Waals surface area contributed by atoms with Gasteiger partial charge in [0, 0.05) is 5.02 Å². The molecule has 1 unspecified atom stereocenters. The number of halogens is 1. The molecule has 0 aromatic heterocycles. The minimum absolute atomic E-state index is 0.428. The average Bonchev–Trinajstić information content (AvgIpc) is 2.54. The number of nitrogens with zero attached hydrogens (tertiary/aromatic N) is 1. The van der Waals surface area contributed by atoms with Crippen molar-refractivity contribution in [1.82, 2.24) is 10.2 Å². The number of carboxylic acid groups (broad SMARTS) is 1. The number of carbonyl (C=O) groups excluding carboxylic acids is 2. The number of benzene rings is 1. The van der Waals surface area contributed by atoms with Crippen molar-refractivity contribution < 1.29 is 19.5 Å². The van der Waals surface area contributed by atoms with Crippen LogP contribution in [-0.2, 0) is 15.1 Å². The predicted molar refractivity (Wildman–Crippen MR) is 66.7 cm³/mol. The molecule has 19 heavy (non-hydrogen) atoms. The van der Waals surface area contributed by atoms with Crippen LogP contribution in [0.5, 0.6) is 0 Å². The highest BCUT2D eigenvalue weighted by atomic mass is 35.5. The van der Waals surface area contributed by atoms with Crippen molar-refractivity contribution >= 4 is 29.5 Å². The van der Waals surface area contributed by atoms with E-state index in [1.165, 1.54) is 6.92 Å². The van der Waals surface area contributed by atoms with E-state index in [1.54, 1.807) is 24.3 Å². The van der Waals surface area contributed by atoms with Gasteiger partial charge in [0.2, 0.25) is 0 Å². The van der Waals surface area contributed by atoms with Crippen LogP contribution in [0.2, 0.25) is 5.02 Å². The van der Waals surface area contributed by atoms with Crippen molar-refractivity contribution in [3.8, 4) is 0 Å². The van der Waals surface area contributed by atoms with Gasteiger partial charge in [-0.2, -0.15) is 0 Å². The zero-order valence-corrected chi connectivity index (χ0v) is 10.8. The number of hydrogen-bond acceptors (Lipinski definition) is 3. The summed E-state index contributed by atoms with van der Waals surface area (Å²) in [6.45, 7) is 0.849. The van der Waals surface area contributed by atoms with Crippen molar-refractivity contribution in [2.24, 2.45) is 0 Å². The van der Waals surface area contributed by atoms with Crippen molar-refractivity contribution in [3.63, 3.8) is 0 Å². The summed E-state index contributed by atoms with van der Waals surface area (Å²) in [5.41, 5.74) is -0.788. The van der Waals surface area contributed by atoms with Crippen LogP contribution in [0.25, 0.3) is 0 Å². The van der Waals surface area contributed by atoms with Gasteiger partial charge in [-0.15, -0.1) is 0 Å². The molecule has 7 heteroatoms. The van der Waals surface area contributed by atoms with Gasteiger partial charge >= 0.3 is 12.0 Å². The number of rotatable bonds is 3. The molecular weight excluding hydrogens is 272 g/mol. The standard InChI is InChI=1S/C12H11ClN2O4/c1-12(7-3-2-4-8(13)5-7)10(18)15(6-9(16)17)11(19)14-12/h2-5H,6H2,1H3,(H,14,19)(H,16,17). The molecule has 3 amide bonds. The molecule has 0 bridgehead atoms. The summed E-state index contributed by atoms with van der Waals surface area (Å²) < 4.78 is 0. The molecule has 1 aliphatic heterocycles. The molecule has 1 fully saturated rings. The zero-order chi connectivity index (χ0) is 14.2. The third-order valence-electron chi connectivity index (χ3n) is 2.97. The Morgan fingerprint density at radius 2 is 2.16 bits per heavy atom. The van der Waals surface area contributed by atoms with Gasteiger partial charge < -0.3 is 10.4 Å². The summed E-state index contributed by atoms with van der Waals surface area (Å²) in [5.74, 6) is -1.86. The van der Waals surface area contributed by atoms with Gasteiger partial charge in [-0.05, 0) is 24.6 Å². The fraction of sp³-hybridized carbons (Fsp3) is 0.250. The van der Waals surface area contributed by atoms with Crippen molar-refractivity contribution in [2.75, 3.05) is 6.54 Å². The largest absolute Gasteiger partial charge is 0.480 e. The number of aliphatic carboxylic acids is 1. The molecule has 1 aromatic carbocycles. The Morgan fingerprint density at radius 1 is 1.47 bits per heavy atom. The van der Waals surface area contributed by atoms with Crippen LogP contribution in [0, 0.1) is 0 Å². The van der Waals surface area contributed by atoms with Gasteiger partial charge in [-0.25, -0.2) is 4.79 Å². The maximum Gasteiger partial charge on any atom is 0.325 e. The third kappa shape index (κ3) is 2.26. The van der Waals surface area contributed by atoms with Gasteiger partial charge in [0.1, 0.15) is 12.1 Å². The van der Waals surface area contributed by atoms with Gasteiger partial charge in [0.25, 0.3) is 5.91 Å². The molecule has 0 saturated carbocycles. The van der Waals surface area contributed by atoms with Crippen LogP contribution < -0.4 is 5.32 Å². The Morgan fingerprint density at radius 3 is 2.74 bits per heavy atom. The second-order valence-corrected chi connectivity index (χ2v) is 4.79. The highest BCUT2D eigenvalue weighted by molar-refractivity contribution is 6.30. The maximum atomic E-state index is 12.2. The monoisotopic (exact) mass is 282 g/mol. The van der Waals surface area contributed by atoms with E-state index in [2.05, 4.69) is 5.32 Å². The van der Waals surface area contributed by atoms with Crippen LogP contribution in [0.3, 0.4) is 0 Å². The average molecular weight is 283 g/mol. The van der Waals surface area contributed by atoms with E-state index in [9.17, 15) is 14.4 Å². The smallest absolute Gasteiger partial charge is 0.325 e. The molecule has 0 aliphatic carbocycles. The third-order valence-corrected chi connectivity index (χ3v) is 3.21. The lowest BCUT2D eigenvalue weighted by atomic mass is 9.92. The second-order valence-electron chi connectivity index (χ2n) is 4.35. The van der Waals surface area contributed by atoms with Crippen LogP contribution in [-0.4, -0.2) is 34.5 Å². The lowest BCUT2D eigenvalue weighted by Gasteiger charge is -2.22. The Labute approximate surface area is 114 Å². The summed E-state index contributed by atoms with van der Waals surface area (Å²) in [6, 6.07) is 5.78. The van der Waals surface area contributed by atoms with E-state index in [4.69, 9.17) is 16.7 Å². The maximum absolute atomic E-state index is 12.2. The lowest BCUT2D eigenvalue weighted by molar-refractivity contribution is -0.142. The second kappa shape index (κ2) is 4.55. The lowest BCUT2D eigenvalue weighted by Crippen LogP contribution is -2.41. The molecule has 2 rings (SSSR count). The van der Waals surface area contributed by atoms with E-state index < -0.39 is 30.0 Å². The fourth-order valence-corrected chi connectivity index (χ4v) is 2.16. The first kappa shape index (κ1) is 13.4. The number of nitrogens with one attached hydrogen (secondary N) is 1. The van der Waals surface area contributed by atoms with Crippen LogP contribution in [0.15, 0.2) is 24.3 Å². The molecule has 1 saturated heterocycles. The Balaban J connectivity index is 2.38. The first-order chi connectivity index (χ1) is 8.84. The van der Waals surface area contributed by atoms with Gasteiger partial charge in [-0.1, -0.05) is 23.7 Å². The molecule has 2 N–H and O–H groups in total. The summed E-state index contributed by atoms with van der Waals surface area (Å²) in [5, 5.41) is 11.6. The SMILES string of the molecule is CC1(c2cccc(Cl)c2)NC(=O)N(CC(=O)O)C1=O. The van der Waals surface area contributed by atoms with Crippen molar-refractivity contribution in [1.29, 1.82) is 0 Å². The van der Waals surface area contributed by atoms with E-state index in [0.29, 0.717) is 15.5 Å². The number of urea groups is 1. The number of imide groups is 1. The Hall–Kier alpha value is -2.08. The van der Waals surface area contributed by atoms with Gasteiger partial charge in [0.05, 0.1) is 0 Å². The van der Waals surface area contributed by atoms with Crippen LogP contribution in [0.1, 0.15) is 12.5 Å². The molecule has 1 atom stereocenters. The number of amides is 3. The highest BCUT2D eigenvalue weighted by Gasteiger charge is 2.49. The van der Waals surface area contributed by atoms with Gasteiger partial charge in [0.15, 0.2) is 0 Å². The van der Waals surface area contributed by atoms with E-state index in [1.807, 2.05) is 0 Å². The minimum atomic E-state index is -1.29. The first-order valence-corrected chi connectivity index (χ1v) is 5.84. The molecule has 0 spiro atoms. The molecule has 0 radical (unpaired) electrons. The predicted octanol–water partition coefficient (Wildman–Crippen LogP) is 1.19. The topological polar surface area (TPSA) is 86.7 Å². The first-order valence-electron chi connectivity index (χ1n) is 5.46. The zero-order valence-electron chi connectivity index (χ0n) is 10.0. The summed E-state index contributed by atoms with van der Waals surface area (Å²) in [7, 11) is 0. The Bertz CT molecular complexity index is 575. The van der Waals surface area contributed by atoms with E-state index in [-0.39, 0.29) is 0 Å². The quantitative estimate of drug-likeness (QED) is 0.815. The van der Waals surface area contributed by atoms with Gasteiger partial charge in [-0.3, -0.25) is 14.5 Å². The highest BCUT2D eigenvalue weighted by Crippen LogP contribution is 2.30. The van der Waals surface area contributed by atoms with Crippen LogP contribution in [0.4, 0.5) is 4.79 Å². The van der Waals surface area contributed by atoms with Crippen molar-refractivity contribution in [3.05, 3.63) is 34.9 Å². The molecule has 1 aliphatic rings. The summed E-state index contributed by atoms with van der Waals surface area (Å²) in [4.78, 5) is 35.2. The molecule has 1 aromatic rings. The number of hydrogen-bond donors (Lipinski definition) is 2. The number of carbonyl (C=O) groups is 3. The van der Waals surface area contributed by atoms with E-state index >= 15 is 0 Å². The van der Waals surface area contributed by atoms with Crippen LogP contribution >= 0.6 is 11.6 Å². The molecule has 100 valence electrons. The molecule has 6 nitrogen and oxygen atoms in total. The fourth-order valence-electron chi connectivity index (χ4n) is 1.97. The summed E-state index contributed by atoms with van der Waals surface area (Å²) in [6.07, 6.45) is 0. The molecule has 1 heterocycles.